The molecule has 0 atom stereocenters. The Kier molecular flexibility index (Phi) is 4.44. The smallest absolute Gasteiger partial charge is 0.379 e. The summed E-state index contributed by atoms with van der Waals surface area (Å²) >= 11 is 0. The monoisotopic (exact) mass is 391 g/mol. The number of aryl methyl sites for hydroxylation is 1. The van der Waals surface area contributed by atoms with Crippen LogP contribution in [-0.4, -0.2) is 16.7 Å². The maximum absolute atomic E-state index is 12.7. The van der Waals surface area contributed by atoms with E-state index in [1.54, 1.807) is 25.1 Å². The highest BCUT2D eigenvalue weighted by molar-refractivity contribution is 6.15. The summed E-state index contributed by atoms with van der Waals surface area (Å²) in [6, 6.07) is 11.9. The number of ether oxygens (including phenoxy) is 2. The third-order valence-corrected chi connectivity index (χ3v) is 4.26. The van der Waals surface area contributed by atoms with Gasteiger partial charge in [0, 0.05) is 18.2 Å². The van der Waals surface area contributed by atoms with Gasteiger partial charge in [0.1, 0.15) is 11.5 Å². The third-order valence-electron chi connectivity index (χ3n) is 4.26. The number of hydrogen-bond acceptors (Lipinski definition) is 7. The topological polar surface area (TPSA) is 109 Å². The van der Waals surface area contributed by atoms with Crippen molar-refractivity contribution in [3.05, 3.63) is 93.1 Å². The molecule has 0 saturated heterocycles. The zero-order chi connectivity index (χ0) is 20.5. The van der Waals surface area contributed by atoms with E-state index in [2.05, 4.69) is 0 Å². The van der Waals surface area contributed by atoms with Crippen molar-refractivity contribution >= 4 is 23.5 Å². The van der Waals surface area contributed by atoms with Crippen LogP contribution in [-0.2, 0) is 0 Å². The van der Waals surface area contributed by atoms with Crippen molar-refractivity contribution in [2.75, 3.05) is 0 Å². The normalized spacial score (nSPS) is 13.8. The van der Waals surface area contributed by atoms with Crippen LogP contribution in [0.1, 0.15) is 32.0 Å². The average molecular weight is 391 g/mol. The molecular weight excluding hydrogens is 378 g/mol. The second kappa shape index (κ2) is 7.08. The lowest BCUT2D eigenvalue weighted by Gasteiger charge is -2.06. The number of benzene rings is 2. The molecule has 3 aromatic rings. The van der Waals surface area contributed by atoms with Crippen molar-refractivity contribution in [3.63, 3.8) is 0 Å². The Labute approximate surface area is 164 Å². The fourth-order valence-corrected chi connectivity index (χ4v) is 2.97. The average Bonchev–Trinajstić information content (AvgIpc) is 3.31. The van der Waals surface area contributed by atoms with Crippen molar-refractivity contribution in [3.8, 4) is 11.5 Å². The molecule has 8 nitrogen and oxygen atoms in total. The highest BCUT2D eigenvalue weighted by atomic mass is 16.6. The predicted octanol–water partition coefficient (Wildman–Crippen LogP) is 4.33. The molecule has 0 bridgehead atoms. The number of nitro benzene ring substituents is 1. The first-order valence-electron chi connectivity index (χ1n) is 8.51. The van der Waals surface area contributed by atoms with Crippen LogP contribution >= 0.6 is 0 Å². The lowest BCUT2D eigenvalue weighted by atomic mass is 10.0. The lowest BCUT2D eigenvalue weighted by Crippen LogP contribution is -2.07. The predicted molar refractivity (Wildman–Crippen MR) is 101 cm³/mol. The van der Waals surface area contributed by atoms with Gasteiger partial charge in [-0.05, 0) is 42.3 Å². The number of allylic oxidation sites excluding steroid dienone is 1. The van der Waals surface area contributed by atoms with Crippen LogP contribution in [0.2, 0.25) is 0 Å². The van der Waals surface area contributed by atoms with Crippen LogP contribution in [0.25, 0.3) is 6.08 Å². The maximum Gasteiger partial charge on any atom is 0.379 e. The minimum atomic E-state index is -0.675. The zero-order valence-electron chi connectivity index (χ0n) is 15.1. The van der Waals surface area contributed by atoms with E-state index in [4.69, 9.17) is 13.9 Å². The first kappa shape index (κ1) is 18.2. The Morgan fingerprint density at radius 2 is 2.00 bits per heavy atom. The molecule has 1 aromatic heterocycles. The summed E-state index contributed by atoms with van der Waals surface area (Å²) in [4.78, 5) is 35.2. The summed E-state index contributed by atoms with van der Waals surface area (Å²) in [5.74, 6) is -0.510. The highest BCUT2D eigenvalue weighted by Gasteiger charge is 2.30. The Bertz CT molecular complexity index is 1180. The molecule has 144 valence electrons. The minimum absolute atomic E-state index is 0.0260. The molecule has 0 N–H and O–H groups in total. The molecule has 4 rings (SSSR count). The van der Waals surface area contributed by atoms with Gasteiger partial charge in [-0.1, -0.05) is 12.1 Å². The molecule has 2 aromatic carbocycles. The van der Waals surface area contributed by atoms with Gasteiger partial charge in [-0.2, -0.15) is 0 Å². The highest BCUT2D eigenvalue weighted by Crippen LogP contribution is 2.37. The van der Waals surface area contributed by atoms with Gasteiger partial charge in [-0.25, -0.2) is 4.79 Å². The number of rotatable bonds is 4. The van der Waals surface area contributed by atoms with E-state index in [0.29, 0.717) is 16.7 Å². The summed E-state index contributed by atoms with van der Waals surface area (Å²) in [7, 11) is 0. The van der Waals surface area contributed by atoms with Gasteiger partial charge < -0.3 is 13.9 Å². The van der Waals surface area contributed by atoms with E-state index in [0.717, 1.165) is 0 Å². The number of non-ortho nitro benzene ring substituents is 1. The lowest BCUT2D eigenvalue weighted by molar-refractivity contribution is -0.384. The summed E-state index contributed by atoms with van der Waals surface area (Å²) in [6.07, 6.45) is 2.79. The largest absolute Gasteiger partial charge is 0.457 e. The number of esters is 1. The van der Waals surface area contributed by atoms with E-state index >= 15 is 0 Å². The van der Waals surface area contributed by atoms with Gasteiger partial charge in [0.15, 0.2) is 5.76 Å². The van der Waals surface area contributed by atoms with Crippen molar-refractivity contribution in [1.29, 1.82) is 0 Å². The molecule has 8 heteroatoms. The van der Waals surface area contributed by atoms with E-state index in [1.807, 2.05) is 0 Å². The molecule has 0 amide bonds. The number of Topliss-reactive ketones (excluding diaryl/α,β-unsaturated/α-hetero) is 1. The summed E-state index contributed by atoms with van der Waals surface area (Å²) in [5, 5.41) is 10.9. The Hall–Kier alpha value is -4.20. The van der Waals surface area contributed by atoms with Crippen molar-refractivity contribution in [2.24, 2.45) is 0 Å². The molecule has 0 spiro atoms. The summed E-state index contributed by atoms with van der Waals surface area (Å²) in [6.45, 7) is 1.70. The summed E-state index contributed by atoms with van der Waals surface area (Å²) < 4.78 is 15.9. The first-order valence-corrected chi connectivity index (χ1v) is 8.51. The maximum atomic E-state index is 12.7. The van der Waals surface area contributed by atoms with Crippen molar-refractivity contribution in [1.82, 2.24) is 0 Å². The van der Waals surface area contributed by atoms with E-state index in [1.165, 1.54) is 42.7 Å². The second-order valence-corrected chi connectivity index (χ2v) is 6.27. The Balaban J connectivity index is 1.62. The molecule has 1 aliphatic rings. The van der Waals surface area contributed by atoms with Gasteiger partial charge >= 0.3 is 5.97 Å². The molecule has 0 saturated carbocycles. The van der Waals surface area contributed by atoms with Crippen LogP contribution in [0.5, 0.6) is 11.5 Å². The summed E-state index contributed by atoms with van der Waals surface area (Å²) in [5.41, 5.74) is 1.28. The first-order chi connectivity index (χ1) is 13.9. The molecule has 0 aliphatic carbocycles. The SMILES string of the molecule is Cc1cc(OC(=O)c2ccco2)cc2c1C(=O)/C(=C/c1cccc([N+](=O)[O-])c1)O2. The standard InChI is InChI=1S/C21H13NO7/c1-12-8-15(28-21(24)16-6-3-7-27-16)11-17-19(12)20(23)18(29-17)10-13-4-2-5-14(9-13)22(25)26/h2-11H,1H3/b18-10-. The molecule has 1 aliphatic heterocycles. The van der Waals surface area contributed by atoms with E-state index in [9.17, 15) is 19.7 Å². The molecule has 0 radical (unpaired) electrons. The van der Waals surface area contributed by atoms with Gasteiger partial charge in [0.2, 0.25) is 11.5 Å². The van der Waals surface area contributed by atoms with Crippen molar-refractivity contribution < 1.29 is 28.4 Å². The number of ketones is 1. The quantitative estimate of drug-likeness (QED) is 0.214. The van der Waals surface area contributed by atoms with Crippen molar-refractivity contribution in [2.45, 2.75) is 6.92 Å². The van der Waals surface area contributed by atoms with Crippen LogP contribution in [0.15, 0.2) is 65.0 Å². The second-order valence-electron chi connectivity index (χ2n) is 6.27. The number of carbonyl (C=O) groups excluding carboxylic acids is 2. The number of fused-ring (bicyclic) bond motifs is 1. The molecule has 2 heterocycles. The molecule has 29 heavy (non-hydrogen) atoms. The zero-order valence-corrected chi connectivity index (χ0v) is 15.1. The molecular formula is C21H13NO7. The number of nitrogens with zero attached hydrogens (tertiary/aromatic N) is 1. The van der Waals surface area contributed by atoms with E-state index in [-0.39, 0.29) is 34.5 Å². The Morgan fingerprint density at radius 3 is 2.72 bits per heavy atom. The minimum Gasteiger partial charge on any atom is -0.457 e. The van der Waals surface area contributed by atoms with Gasteiger partial charge in [-0.15, -0.1) is 0 Å². The number of nitro groups is 1. The number of furan rings is 1. The van der Waals surface area contributed by atoms with Crippen LogP contribution in [0, 0.1) is 17.0 Å². The fourth-order valence-electron chi connectivity index (χ4n) is 2.97. The third kappa shape index (κ3) is 3.51. The molecule has 0 fully saturated rings. The van der Waals surface area contributed by atoms with Crippen LogP contribution in [0.4, 0.5) is 5.69 Å². The Morgan fingerprint density at radius 1 is 1.17 bits per heavy atom. The van der Waals surface area contributed by atoms with Crippen LogP contribution in [0.3, 0.4) is 0 Å². The fraction of sp³-hybridized carbons (Fsp3) is 0.0476. The molecule has 0 unspecified atom stereocenters. The van der Waals surface area contributed by atoms with Gasteiger partial charge in [-0.3, -0.25) is 14.9 Å². The number of hydrogen-bond donors (Lipinski definition) is 0. The van der Waals surface area contributed by atoms with Crippen LogP contribution < -0.4 is 9.47 Å². The van der Waals surface area contributed by atoms with Gasteiger partial charge in [0.05, 0.1) is 16.7 Å². The number of carbonyl (C=O) groups is 2. The van der Waals surface area contributed by atoms with E-state index < -0.39 is 10.9 Å². The van der Waals surface area contributed by atoms with Gasteiger partial charge in [0.25, 0.3) is 5.69 Å².